The molecule has 0 unspecified atom stereocenters. The summed E-state index contributed by atoms with van der Waals surface area (Å²) in [5.41, 5.74) is 4.06. The van der Waals surface area contributed by atoms with Gasteiger partial charge in [0.25, 0.3) is 0 Å². The Hall–Kier alpha value is -2.36. The molecule has 1 saturated carbocycles. The highest BCUT2D eigenvalue weighted by molar-refractivity contribution is 7.89. The van der Waals surface area contributed by atoms with Crippen molar-refractivity contribution in [2.75, 3.05) is 0 Å². The van der Waals surface area contributed by atoms with E-state index in [9.17, 15) is 18.3 Å². The van der Waals surface area contributed by atoms with E-state index < -0.39 is 43.8 Å². The van der Waals surface area contributed by atoms with Crippen LogP contribution >= 0.6 is 0 Å². The fourth-order valence-electron chi connectivity index (χ4n) is 5.91. The molecule has 3 N–H and O–H groups in total. The second-order valence-corrected chi connectivity index (χ2v) is 12.5. The van der Waals surface area contributed by atoms with Gasteiger partial charge in [-0.3, -0.25) is 4.79 Å². The highest BCUT2D eigenvalue weighted by Crippen LogP contribution is 2.54. The monoisotopic (exact) mass is 506 g/mol. The van der Waals surface area contributed by atoms with Crippen LogP contribution in [-0.2, 0) is 26.8 Å². The predicted molar refractivity (Wildman–Crippen MR) is 129 cm³/mol. The van der Waals surface area contributed by atoms with Crippen molar-refractivity contribution in [1.82, 2.24) is 4.31 Å². The summed E-state index contributed by atoms with van der Waals surface area (Å²) in [6.07, 6.45) is 1.61. The Bertz CT molecular complexity index is 1210. The zero-order chi connectivity index (χ0) is 25.6. The van der Waals surface area contributed by atoms with Crippen molar-refractivity contribution in [1.29, 1.82) is 0 Å². The normalized spacial score (nSPS) is 30.5. The fourth-order valence-corrected chi connectivity index (χ4v) is 8.09. The lowest BCUT2D eigenvalue weighted by Crippen LogP contribution is -2.53. The Morgan fingerprint density at radius 2 is 1.80 bits per heavy atom. The lowest BCUT2D eigenvalue weighted by molar-refractivity contribution is -0.120. The van der Waals surface area contributed by atoms with Crippen molar-refractivity contribution in [3.63, 3.8) is 0 Å². The molecule has 6 nitrogen and oxygen atoms in total. The van der Waals surface area contributed by atoms with Gasteiger partial charge in [-0.25, -0.2) is 17.2 Å². The first-order valence-electron chi connectivity index (χ1n) is 11.9. The topological polar surface area (TPSA) is 101 Å². The summed E-state index contributed by atoms with van der Waals surface area (Å²) < 4.78 is 58.9. The van der Waals surface area contributed by atoms with Gasteiger partial charge >= 0.3 is 0 Å². The number of nitrogens with zero attached hydrogens (tertiary/aromatic N) is 1. The number of carbonyl (C=O) groups is 1. The smallest absolute Gasteiger partial charge is 0.221 e. The molecule has 1 amide bonds. The molecule has 0 aromatic heterocycles. The van der Waals surface area contributed by atoms with Gasteiger partial charge in [0.1, 0.15) is 16.9 Å². The van der Waals surface area contributed by atoms with E-state index >= 15 is 8.78 Å². The number of amides is 1. The van der Waals surface area contributed by atoms with Gasteiger partial charge in [-0.15, -0.1) is 0 Å². The second-order valence-electron chi connectivity index (χ2n) is 10.4. The van der Waals surface area contributed by atoms with Crippen LogP contribution < -0.4 is 5.73 Å². The molecule has 0 bridgehead atoms. The summed E-state index contributed by atoms with van der Waals surface area (Å²) in [6.45, 7) is 3.11. The molecule has 0 radical (unpaired) electrons. The van der Waals surface area contributed by atoms with E-state index in [1.807, 2.05) is 6.07 Å². The maximum absolute atomic E-state index is 15.4. The van der Waals surface area contributed by atoms with Crippen molar-refractivity contribution in [2.24, 2.45) is 5.73 Å². The summed E-state index contributed by atoms with van der Waals surface area (Å²) >= 11 is 0. The van der Waals surface area contributed by atoms with E-state index in [0.717, 1.165) is 12.1 Å². The Morgan fingerprint density at radius 1 is 1.14 bits per heavy atom. The van der Waals surface area contributed by atoms with Crippen molar-refractivity contribution < 1.29 is 27.1 Å². The lowest BCUT2D eigenvalue weighted by Gasteiger charge is -2.52. The zero-order valence-corrected chi connectivity index (χ0v) is 20.8. The van der Waals surface area contributed by atoms with Crippen LogP contribution in [0.2, 0.25) is 0 Å². The highest BCUT2D eigenvalue weighted by atomic mass is 32.2. The van der Waals surface area contributed by atoms with Gasteiger partial charge < -0.3 is 10.8 Å². The van der Waals surface area contributed by atoms with E-state index in [4.69, 9.17) is 5.73 Å². The second kappa shape index (κ2) is 9.26. The number of sulfonamides is 1. The summed E-state index contributed by atoms with van der Waals surface area (Å²) in [6, 6.07) is 10.7. The van der Waals surface area contributed by atoms with E-state index in [-0.39, 0.29) is 49.4 Å². The van der Waals surface area contributed by atoms with Gasteiger partial charge in [0.05, 0.1) is 5.60 Å². The number of hydrogen-bond acceptors (Lipinski definition) is 4. The Kier molecular flexibility index (Phi) is 6.81. The number of rotatable bonds is 7. The molecule has 4 rings (SSSR count). The lowest BCUT2D eigenvalue weighted by atomic mass is 9.54. The fraction of sp³-hybridized carbons (Fsp3) is 0.500. The summed E-state index contributed by atoms with van der Waals surface area (Å²) in [5.74, 6) is -1.94. The number of aliphatic hydroxyl groups is 1. The molecule has 9 heteroatoms. The molecule has 2 aromatic rings. The third-order valence-electron chi connectivity index (χ3n) is 7.52. The molecule has 190 valence electrons. The molecule has 0 spiro atoms. The van der Waals surface area contributed by atoms with Crippen molar-refractivity contribution in [3.05, 3.63) is 70.8 Å². The first kappa shape index (κ1) is 25.7. The van der Waals surface area contributed by atoms with Crippen LogP contribution in [0.4, 0.5) is 8.78 Å². The van der Waals surface area contributed by atoms with Crippen LogP contribution in [-0.4, -0.2) is 35.4 Å². The van der Waals surface area contributed by atoms with E-state index in [0.29, 0.717) is 18.4 Å². The minimum Gasteiger partial charge on any atom is -0.390 e. The number of halogens is 2. The Balaban J connectivity index is 1.64. The summed E-state index contributed by atoms with van der Waals surface area (Å²) in [4.78, 5) is 11.4. The largest absolute Gasteiger partial charge is 0.390 e. The van der Waals surface area contributed by atoms with Crippen LogP contribution in [0.5, 0.6) is 0 Å². The van der Waals surface area contributed by atoms with Crippen molar-refractivity contribution in [2.45, 2.75) is 81.2 Å². The first-order valence-corrected chi connectivity index (χ1v) is 13.4. The molecule has 35 heavy (non-hydrogen) atoms. The van der Waals surface area contributed by atoms with E-state index in [2.05, 4.69) is 0 Å². The number of carbonyl (C=O) groups excluding carboxylic acids is 1. The van der Waals surface area contributed by atoms with Crippen molar-refractivity contribution >= 4 is 15.9 Å². The van der Waals surface area contributed by atoms with E-state index in [1.54, 1.807) is 38.1 Å². The van der Waals surface area contributed by atoms with Gasteiger partial charge in [0.15, 0.2) is 0 Å². The molecule has 2 fully saturated rings. The third kappa shape index (κ3) is 4.99. The SMILES string of the molecule is C[C@H]1CC[C@H](c2ccccc2)S(=O)(=O)N1Cc1cc(F)c([C@]2(CCC(N)=O)C[C@](C)(O)C2)cc1F. The standard InChI is InChI=1S/C26H32F2N2O4S/c1-17-8-9-23(18-6-4-3-5-7-18)35(33,34)30(17)14-19-12-22(28)20(13-21(19)27)26(11-10-24(29)31)15-25(2,32)16-26/h3-7,12-13,17,23,32H,8-11,14-16H2,1-2H3,(H2,29,31)/t17-,23+,25-,26+/m0/s1. The zero-order valence-electron chi connectivity index (χ0n) is 20.0. The molecular formula is C26H32F2N2O4S. The average molecular weight is 507 g/mol. The minimum absolute atomic E-state index is 0.0106. The minimum atomic E-state index is -3.80. The van der Waals surface area contributed by atoms with Gasteiger partial charge in [0.2, 0.25) is 15.9 Å². The Morgan fingerprint density at radius 3 is 2.40 bits per heavy atom. The number of nitrogens with two attached hydrogens (primary N) is 1. The molecule has 1 saturated heterocycles. The van der Waals surface area contributed by atoms with Crippen LogP contribution in [0, 0.1) is 11.6 Å². The van der Waals surface area contributed by atoms with E-state index in [1.165, 1.54) is 4.31 Å². The van der Waals surface area contributed by atoms with Gasteiger partial charge in [-0.2, -0.15) is 4.31 Å². The molecular weight excluding hydrogens is 474 g/mol. The quantitative estimate of drug-likeness (QED) is 0.591. The Labute approximate surface area is 205 Å². The average Bonchev–Trinajstić information content (AvgIpc) is 2.76. The van der Waals surface area contributed by atoms with Gasteiger partial charge in [-0.05, 0) is 69.2 Å². The molecule has 1 heterocycles. The molecule has 1 aliphatic carbocycles. The summed E-state index contributed by atoms with van der Waals surface area (Å²) in [5, 5.41) is 9.57. The van der Waals surface area contributed by atoms with Crippen LogP contribution in [0.25, 0.3) is 0 Å². The molecule has 2 atom stereocenters. The molecule has 1 aliphatic heterocycles. The number of benzene rings is 2. The van der Waals surface area contributed by atoms with Gasteiger partial charge in [0, 0.05) is 30.0 Å². The maximum atomic E-state index is 15.4. The predicted octanol–water partition coefficient (Wildman–Crippen LogP) is 4.07. The van der Waals surface area contributed by atoms with Crippen LogP contribution in [0.3, 0.4) is 0 Å². The number of primary amides is 1. The van der Waals surface area contributed by atoms with Crippen LogP contribution in [0.15, 0.2) is 42.5 Å². The number of hydrogen-bond donors (Lipinski definition) is 2. The third-order valence-corrected chi connectivity index (χ3v) is 9.89. The van der Waals surface area contributed by atoms with Gasteiger partial charge in [-0.1, -0.05) is 30.3 Å². The highest BCUT2D eigenvalue weighted by Gasteiger charge is 2.53. The van der Waals surface area contributed by atoms with Crippen molar-refractivity contribution in [3.8, 4) is 0 Å². The first-order chi connectivity index (χ1) is 16.3. The maximum Gasteiger partial charge on any atom is 0.221 e. The molecule has 2 aromatic carbocycles. The summed E-state index contributed by atoms with van der Waals surface area (Å²) in [7, 11) is -3.80. The van der Waals surface area contributed by atoms with Crippen LogP contribution in [0.1, 0.15) is 74.3 Å². The molecule has 2 aliphatic rings.